The van der Waals surface area contributed by atoms with Gasteiger partial charge in [0.2, 0.25) is 0 Å². The van der Waals surface area contributed by atoms with Crippen molar-refractivity contribution in [2.75, 3.05) is 0 Å². The standard InChI is InChI=1S/C16H15N3OS/c1-10(13-5-3-4-8-17-13)18-16(20)12-6-7-14-15(9-12)21-11(2)19-14/h3-10H,1-2H3,(H,18,20)/t10-/m0/s1. The molecular formula is C16H15N3OS. The number of benzene rings is 1. The fourth-order valence-electron chi connectivity index (χ4n) is 2.17. The van der Waals surface area contributed by atoms with Crippen LogP contribution in [0.3, 0.4) is 0 Å². The molecule has 5 heteroatoms. The maximum atomic E-state index is 12.3. The Morgan fingerprint density at radius 1 is 1.29 bits per heavy atom. The molecule has 1 amide bonds. The molecule has 0 saturated carbocycles. The van der Waals surface area contributed by atoms with E-state index in [1.165, 1.54) is 0 Å². The van der Waals surface area contributed by atoms with Crippen LogP contribution in [0.1, 0.15) is 34.0 Å². The van der Waals surface area contributed by atoms with E-state index in [1.807, 2.05) is 50.2 Å². The summed E-state index contributed by atoms with van der Waals surface area (Å²) in [6.45, 7) is 3.89. The number of carbonyl (C=O) groups is 1. The number of hydrogen-bond donors (Lipinski definition) is 1. The molecule has 0 aliphatic carbocycles. The third-order valence-electron chi connectivity index (χ3n) is 3.24. The molecule has 0 aliphatic heterocycles. The lowest BCUT2D eigenvalue weighted by atomic mass is 10.1. The number of amides is 1. The van der Waals surface area contributed by atoms with Crippen molar-refractivity contribution in [3.8, 4) is 0 Å². The van der Waals surface area contributed by atoms with Gasteiger partial charge in [-0.05, 0) is 44.2 Å². The molecule has 2 heterocycles. The second-order valence-corrected chi connectivity index (χ2v) is 6.10. The van der Waals surface area contributed by atoms with Crippen LogP contribution in [-0.4, -0.2) is 15.9 Å². The quantitative estimate of drug-likeness (QED) is 0.805. The first-order chi connectivity index (χ1) is 10.1. The molecule has 21 heavy (non-hydrogen) atoms. The van der Waals surface area contributed by atoms with Crippen molar-refractivity contribution in [1.82, 2.24) is 15.3 Å². The van der Waals surface area contributed by atoms with Gasteiger partial charge >= 0.3 is 0 Å². The Kier molecular flexibility index (Phi) is 3.66. The summed E-state index contributed by atoms with van der Waals surface area (Å²) in [6.07, 6.45) is 1.73. The number of nitrogens with zero attached hydrogens (tertiary/aromatic N) is 2. The van der Waals surface area contributed by atoms with Crippen LogP contribution < -0.4 is 5.32 Å². The molecule has 0 aliphatic rings. The van der Waals surface area contributed by atoms with E-state index in [-0.39, 0.29) is 11.9 Å². The van der Waals surface area contributed by atoms with Crippen molar-refractivity contribution in [2.24, 2.45) is 0 Å². The molecule has 0 bridgehead atoms. The van der Waals surface area contributed by atoms with Crippen molar-refractivity contribution in [3.63, 3.8) is 0 Å². The average Bonchev–Trinajstić information content (AvgIpc) is 2.87. The van der Waals surface area contributed by atoms with Gasteiger partial charge in [0.25, 0.3) is 5.91 Å². The molecule has 1 N–H and O–H groups in total. The first-order valence-corrected chi connectivity index (χ1v) is 7.54. The van der Waals surface area contributed by atoms with Crippen LogP contribution in [0.4, 0.5) is 0 Å². The lowest BCUT2D eigenvalue weighted by Crippen LogP contribution is -2.27. The highest BCUT2D eigenvalue weighted by molar-refractivity contribution is 7.18. The van der Waals surface area contributed by atoms with E-state index in [1.54, 1.807) is 17.5 Å². The van der Waals surface area contributed by atoms with Gasteiger partial charge in [0, 0.05) is 11.8 Å². The second-order valence-electron chi connectivity index (χ2n) is 4.87. The minimum atomic E-state index is -0.127. The molecule has 0 saturated heterocycles. The summed E-state index contributed by atoms with van der Waals surface area (Å²) >= 11 is 1.60. The number of nitrogens with one attached hydrogen (secondary N) is 1. The van der Waals surface area contributed by atoms with Gasteiger partial charge in [-0.2, -0.15) is 0 Å². The van der Waals surface area contributed by atoms with Crippen molar-refractivity contribution in [1.29, 1.82) is 0 Å². The zero-order chi connectivity index (χ0) is 14.8. The summed E-state index contributed by atoms with van der Waals surface area (Å²) in [6, 6.07) is 11.1. The number of pyridine rings is 1. The summed E-state index contributed by atoms with van der Waals surface area (Å²) in [5, 5.41) is 3.97. The number of aryl methyl sites for hydroxylation is 1. The Morgan fingerprint density at radius 2 is 2.14 bits per heavy atom. The number of hydrogen-bond acceptors (Lipinski definition) is 4. The molecule has 0 unspecified atom stereocenters. The Hall–Kier alpha value is -2.27. The van der Waals surface area contributed by atoms with Crippen LogP contribution in [0.2, 0.25) is 0 Å². The second kappa shape index (κ2) is 5.61. The van der Waals surface area contributed by atoms with Crippen LogP contribution in [0.15, 0.2) is 42.6 Å². The first-order valence-electron chi connectivity index (χ1n) is 6.72. The average molecular weight is 297 g/mol. The van der Waals surface area contributed by atoms with Crippen molar-refractivity contribution >= 4 is 27.5 Å². The van der Waals surface area contributed by atoms with Gasteiger partial charge < -0.3 is 5.32 Å². The van der Waals surface area contributed by atoms with E-state index < -0.39 is 0 Å². The number of carbonyl (C=O) groups excluding carboxylic acids is 1. The lowest BCUT2D eigenvalue weighted by Gasteiger charge is -2.13. The molecule has 1 atom stereocenters. The molecule has 3 rings (SSSR count). The van der Waals surface area contributed by atoms with Crippen molar-refractivity contribution < 1.29 is 4.79 Å². The third-order valence-corrected chi connectivity index (χ3v) is 4.17. The summed E-state index contributed by atoms with van der Waals surface area (Å²) in [5.41, 5.74) is 2.43. The van der Waals surface area contributed by atoms with E-state index in [0.717, 1.165) is 20.9 Å². The van der Waals surface area contributed by atoms with Crippen molar-refractivity contribution in [3.05, 3.63) is 58.9 Å². The number of thiazole rings is 1. The molecule has 3 aromatic rings. The van der Waals surface area contributed by atoms with Crippen LogP contribution in [0.5, 0.6) is 0 Å². The van der Waals surface area contributed by atoms with Crippen LogP contribution >= 0.6 is 11.3 Å². The molecule has 0 radical (unpaired) electrons. The fourth-order valence-corrected chi connectivity index (χ4v) is 3.03. The predicted molar refractivity (Wildman–Crippen MR) is 84.5 cm³/mol. The SMILES string of the molecule is Cc1nc2ccc(C(=O)N[C@@H](C)c3ccccn3)cc2s1. The molecule has 106 valence electrons. The zero-order valence-electron chi connectivity index (χ0n) is 11.8. The predicted octanol–water partition coefficient (Wildman–Crippen LogP) is 3.49. The van der Waals surface area contributed by atoms with E-state index in [0.29, 0.717) is 5.56 Å². The van der Waals surface area contributed by atoms with Gasteiger partial charge in [-0.15, -0.1) is 11.3 Å². The number of rotatable bonds is 3. The Labute approximate surface area is 126 Å². The molecule has 2 aromatic heterocycles. The van der Waals surface area contributed by atoms with Crippen LogP contribution in [0.25, 0.3) is 10.2 Å². The Bertz CT molecular complexity index is 783. The maximum absolute atomic E-state index is 12.3. The molecule has 4 nitrogen and oxygen atoms in total. The monoisotopic (exact) mass is 297 g/mol. The molecule has 0 spiro atoms. The lowest BCUT2D eigenvalue weighted by molar-refractivity contribution is 0.0939. The van der Waals surface area contributed by atoms with Gasteiger partial charge in [-0.3, -0.25) is 9.78 Å². The highest BCUT2D eigenvalue weighted by atomic mass is 32.1. The largest absolute Gasteiger partial charge is 0.344 e. The Balaban J connectivity index is 1.80. The van der Waals surface area contributed by atoms with E-state index in [2.05, 4.69) is 15.3 Å². The van der Waals surface area contributed by atoms with E-state index in [4.69, 9.17) is 0 Å². The minimum Gasteiger partial charge on any atom is -0.344 e. The first kappa shape index (κ1) is 13.7. The summed E-state index contributed by atoms with van der Waals surface area (Å²) in [7, 11) is 0. The fraction of sp³-hybridized carbons (Fsp3) is 0.188. The summed E-state index contributed by atoms with van der Waals surface area (Å²) in [4.78, 5) is 21.0. The highest BCUT2D eigenvalue weighted by Crippen LogP contribution is 2.23. The van der Waals surface area contributed by atoms with Gasteiger partial charge in [0.05, 0.1) is 27.0 Å². The molecule has 1 aromatic carbocycles. The van der Waals surface area contributed by atoms with Gasteiger partial charge in [-0.25, -0.2) is 4.98 Å². The van der Waals surface area contributed by atoms with Gasteiger partial charge in [0.1, 0.15) is 0 Å². The smallest absolute Gasteiger partial charge is 0.251 e. The van der Waals surface area contributed by atoms with Gasteiger partial charge in [0.15, 0.2) is 0 Å². The minimum absolute atomic E-state index is 0.0962. The topological polar surface area (TPSA) is 54.9 Å². The Morgan fingerprint density at radius 3 is 2.90 bits per heavy atom. The highest BCUT2D eigenvalue weighted by Gasteiger charge is 2.13. The van der Waals surface area contributed by atoms with Gasteiger partial charge in [-0.1, -0.05) is 6.07 Å². The van der Waals surface area contributed by atoms with Crippen molar-refractivity contribution in [2.45, 2.75) is 19.9 Å². The van der Waals surface area contributed by atoms with E-state index >= 15 is 0 Å². The summed E-state index contributed by atoms with van der Waals surface area (Å²) < 4.78 is 1.03. The molecular weight excluding hydrogens is 282 g/mol. The number of fused-ring (bicyclic) bond motifs is 1. The summed E-state index contributed by atoms with van der Waals surface area (Å²) in [5.74, 6) is -0.0962. The van der Waals surface area contributed by atoms with E-state index in [9.17, 15) is 4.79 Å². The van der Waals surface area contributed by atoms with Crippen LogP contribution in [0, 0.1) is 6.92 Å². The third kappa shape index (κ3) is 2.92. The normalized spacial score (nSPS) is 12.3. The number of aromatic nitrogens is 2. The molecule has 0 fully saturated rings. The maximum Gasteiger partial charge on any atom is 0.251 e. The zero-order valence-corrected chi connectivity index (χ0v) is 12.6. The van der Waals surface area contributed by atoms with Crippen LogP contribution in [-0.2, 0) is 0 Å².